The first kappa shape index (κ1) is 20.7. The van der Waals surface area contributed by atoms with E-state index < -0.39 is 0 Å². The Kier molecular flexibility index (Phi) is 6.56. The normalized spacial score (nSPS) is 17.0. The minimum Gasteiger partial charge on any atom is -0.497 e. The highest BCUT2D eigenvalue weighted by molar-refractivity contribution is 7.16. The second-order valence-electron chi connectivity index (χ2n) is 7.89. The van der Waals surface area contributed by atoms with E-state index in [4.69, 9.17) is 4.74 Å². The number of nitriles is 1. The summed E-state index contributed by atoms with van der Waals surface area (Å²) in [6, 6.07) is 10.4. The molecule has 0 spiro atoms. The number of thiophene rings is 1. The van der Waals surface area contributed by atoms with Gasteiger partial charge in [-0.3, -0.25) is 9.69 Å². The van der Waals surface area contributed by atoms with Gasteiger partial charge in [-0.2, -0.15) is 5.26 Å². The molecule has 0 saturated carbocycles. The van der Waals surface area contributed by atoms with E-state index in [1.807, 2.05) is 12.1 Å². The van der Waals surface area contributed by atoms with Crippen molar-refractivity contribution in [1.82, 2.24) is 4.90 Å². The highest BCUT2D eigenvalue weighted by Crippen LogP contribution is 2.37. The molecule has 2 heterocycles. The maximum Gasteiger partial charge on any atom is 0.239 e. The Bertz CT molecular complexity index is 924. The summed E-state index contributed by atoms with van der Waals surface area (Å²) in [5.41, 5.74) is 3.04. The number of fused-ring (bicyclic) bond motifs is 1. The number of amides is 1. The van der Waals surface area contributed by atoms with Crippen molar-refractivity contribution in [2.45, 2.75) is 32.1 Å². The zero-order valence-electron chi connectivity index (χ0n) is 17.4. The number of ether oxygens (including phenoxy) is 1. The fraction of sp³-hybridized carbons (Fsp3) is 0.478. The van der Waals surface area contributed by atoms with Crippen molar-refractivity contribution in [3.63, 3.8) is 0 Å². The molecule has 6 nitrogen and oxygen atoms in total. The van der Waals surface area contributed by atoms with Crippen molar-refractivity contribution < 1.29 is 9.53 Å². The molecule has 0 radical (unpaired) electrons. The van der Waals surface area contributed by atoms with Gasteiger partial charge in [0.2, 0.25) is 5.91 Å². The van der Waals surface area contributed by atoms with Crippen LogP contribution in [0.2, 0.25) is 0 Å². The highest BCUT2D eigenvalue weighted by atomic mass is 32.1. The quantitative estimate of drug-likeness (QED) is 0.742. The number of hydrogen-bond acceptors (Lipinski definition) is 6. The minimum atomic E-state index is -0.0270. The Labute approximate surface area is 182 Å². The van der Waals surface area contributed by atoms with Crippen LogP contribution in [-0.4, -0.2) is 50.6 Å². The van der Waals surface area contributed by atoms with E-state index >= 15 is 0 Å². The van der Waals surface area contributed by atoms with Crippen molar-refractivity contribution >= 4 is 27.9 Å². The summed E-state index contributed by atoms with van der Waals surface area (Å²) in [6.45, 7) is 3.81. The molecule has 0 unspecified atom stereocenters. The predicted octanol–water partition coefficient (Wildman–Crippen LogP) is 3.66. The number of nitrogens with one attached hydrogen (secondary N) is 1. The van der Waals surface area contributed by atoms with Gasteiger partial charge in [0.15, 0.2) is 0 Å². The molecule has 30 heavy (non-hydrogen) atoms. The monoisotopic (exact) mass is 424 g/mol. The number of piperazine rings is 1. The van der Waals surface area contributed by atoms with Crippen molar-refractivity contribution in [1.29, 1.82) is 5.26 Å². The molecule has 2 aliphatic rings. The van der Waals surface area contributed by atoms with Crippen LogP contribution >= 0.6 is 11.3 Å². The molecule has 1 N–H and O–H groups in total. The Balaban J connectivity index is 1.32. The third kappa shape index (κ3) is 4.61. The molecule has 1 saturated heterocycles. The molecule has 1 aliphatic carbocycles. The van der Waals surface area contributed by atoms with Gasteiger partial charge in [0.05, 0.1) is 19.2 Å². The zero-order valence-corrected chi connectivity index (χ0v) is 18.3. The second kappa shape index (κ2) is 9.50. The molecule has 1 aromatic heterocycles. The first-order valence-electron chi connectivity index (χ1n) is 10.6. The minimum absolute atomic E-state index is 0.0270. The summed E-state index contributed by atoms with van der Waals surface area (Å²) < 4.78 is 5.22. The topological polar surface area (TPSA) is 68.6 Å². The third-order valence-corrected chi connectivity index (χ3v) is 7.17. The summed E-state index contributed by atoms with van der Waals surface area (Å²) >= 11 is 1.60. The highest BCUT2D eigenvalue weighted by Gasteiger charge is 2.23. The van der Waals surface area contributed by atoms with E-state index in [1.54, 1.807) is 18.4 Å². The number of nitrogens with zero attached hydrogens (tertiary/aromatic N) is 3. The van der Waals surface area contributed by atoms with Gasteiger partial charge in [-0.05, 0) is 55.5 Å². The zero-order chi connectivity index (χ0) is 20.9. The standard InChI is InChI=1S/C23H28N4O2S/c1-29-18-9-7-17(8-10-18)27-13-11-26(12-14-27)16-22(28)25-23-20(15-24)19-5-3-2-4-6-21(19)30-23/h7-10H,2-6,11-14,16H2,1H3,(H,25,28). The maximum absolute atomic E-state index is 12.7. The SMILES string of the molecule is COc1ccc(N2CCN(CC(=O)Nc3sc4c(c3C#N)CCCCC4)CC2)cc1. The van der Waals surface area contributed by atoms with Gasteiger partial charge in [-0.15, -0.1) is 11.3 Å². The van der Waals surface area contributed by atoms with Crippen LogP contribution in [0, 0.1) is 11.3 Å². The lowest BCUT2D eigenvalue weighted by molar-refractivity contribution is -0.117. The van der Waals surface area contributed by atoms with E-state index in [9.17, 15) is 10.1 Å². The van der Waals surface area contributed by atoms with Crippen LogP contribution in [0.3, 0.4) is 0 Å². The van der Waals surface area contributed by atoms with Crippen molar-refractivity contribution in [2.75, 3.05) is 50.1 Å². The Hall–Kier alpha value is -2.56. The Morgan fingerprint density at radius 1 is 1.13 bits per heavy atom. The molecule has 0 atom stereocenters. The molecule has 0 bridgehead atoms. The molecular formula is C23H28N4O2S. The largest absolute Gasteiger partial charge is 0.497 e. The number of carbonyl (C=O) groups is 1. The number of benzene rings is 1. The first-order valence-corrected chi connectivity index (χ1v) is 11.5. The lowest BCUT2D eigenvalue weighted by atomic mass is 10.1. The third-order valence-electron chi connectivity index (χ3n) is 5.96. The summed E-state index contributed by atoms with van der Waals surface area (Å²) in [6.07, 6.45) is 5.50. The molecule has 1 aliphatic heterocycles. The lowest BCUT2D eigenvalue weighted by Gasteiger charge is -2.35. The van der Waals surface area contributed by atoms with Crippen LogP contribution in [0.1, 0.15) is 35.3 Å². The molecule has 1 fully saturated rings. The van der Waals surface area contributed by atoms with Gasteiger partial charge in [-0.1, -0.05) is 6.42 Å². The molecule has 7 heteroatoms. The van der Waals surface area contributed by atoms with Gasteiger partial charge in [0.25, 0.3) is 0 Å². The second-order valence-corrected chi connectivity index (χ2v) is 8.99. The first-order chi connectivity index (χ1) is 14.7. The molecular weight excluding hydrogens is 396 g/mol. The number of aryl methyl sites for hydroxylation is 1. The van der Waals surface area contributed by atoms with Crippen LogP contribution in [0.15, 0.2) is 24.3 Å². The summed E-state index contributed by atoms with van der Waals surface area (Å²) in [7, 11) is 1.67. The number of rotatable bonds is 5. The number of carbonyl (C=O) groups excluding carboxylic acids is 1. The summed E-state index contributed by atoms with van der Waals surface area (Å²) in [4.78, 5) is 18.5. The molecule has 1 aromatic carbocycles. The predicted molar refractivity (Wildman–Crippen MR) is 121 cm³/mol. The number of anilines is 2. The molecule has 158 valence electrons. The van der Waals surface area contributed by atoms with Crippen LogP contribution < -0.4 is 15.0 Å². The lowest BCUT2D eigenvalue weighted by Crippen LogP contribution is -2.48. The summed E-state index contributed by atoms with van der Waals surface area (Å²) in [5.74, 6) is 0.831. The fourth-order valence-corrected chi connectivity index (χ4v) is 5.53. The van der Waals surface area contributed by atoms with Gasteiger partial charge in [0, 0.05) is 36.7 Å². The van der Waals surface area contributed by atoms with Gasteiger partial charge < -0.3 is 15.0 Å². The average molecular weight is 425 g/mol. The van der Waals surface area contributed by atoms with Crippen LogP contribution in [-0.2, 0) is 17.6 Å². The maximum atomic E-state index is 12.7. The van der Waals surface area contributed by atoms with Crippen LogP contribution in [0.5, 0.6) is 5.75 Å². The van der Waals surface area contributed by atoms with Gasteiger partial charge in [-0.25, -0.2) is 0 Å². The molecule has 2 aromatic rings. The number of methoxy groups -OCH3 is 1. The van der Waals surface area contributed by atoms with E-state index in [1.165, 1.54) is 29.0 Å². The van der Waals surface area contributed by atoms with E-state index in [0.717, 1.165) is 56.2 Å². The van der Waals surface area contributed by atoms with Gasteiger partial charge >= 0.3 is 0 Å². The van der Waals surface area contributed by atoms with Crippen LogP contribution in [0.25, 0.3) is 0 Å². The van der Waals surface area contributed by atoms with E-state index in [2.05, 4.69) is 33.3 Å². The number of hydrogen-bond donors (Lipinski definition) is 1. The van der Waals surface area contributed by atoms with Gasteiger partial charge in [0.1, 0.15) is 16.8 Å². The van der Waals surface area contributed by atoms with Crippen molar-refractivity contribution in [3.05, 3.63) is 40.3 Å². The molecule has 4 rings (SSSR count). The smallest absolute Gasteiger partial charge is 0.239 e. The Morgan fingerprint density at radius 3 is 2.57 bits per heavy atom. The summed E-state index contributed by atoms with van der Waals surface area (Å²) in [5, 5.41) is 13.4. The van der Waals surface area contributed by atoms with E-state index in [0.29, 0.717) is 12.1 Å². The fourth-order valence-electron chi connectivity index (χ4n) is 4.28. The van der Waals surface area contributed by atoms with Crippen molar-refractivity contribution in [3.8, 4) is 11.8 Å². The Morgan fingerprint density at radius 2 is 1.87 bits per heavy atom. The van der Waals surface area contributed by atoms with Crippen molar-refractivity contribution in [2.24, 2.45) is 0 Å². The molecule has 1 amide bonds. The van der Waals surface area contributed by atoms with Crippen LogP contribution in [0.4, 0.5) is 10.7 Å². The van der Waals surface area contributed by atoms with E-state index in [-0.39, 0.29) is 5.91 Å². The average Bonchev–Trinajstić information content (AvgIpc) is 2.93.